The number of fused-ring (bicyclic) bond motifs is 1. The van der Waals surface area contributed by atoms with Crippen LogP contribution >= 0.6 is 0 Å². The molecule has 0 aromatic heterocycles. The highest BCUT2D eigenvalue weighted by molar-refractivity contribution is 5.82. The molecule has 3 rings (SSSR count). The lowest BCUT2D eigenvalue weighted by Gasteiger charge is -2.31. The Hall–Kier alpha value is -2.86. The summed E-state index contributed by atoms with van der Waals surface area (Å²) < 4.78 is 0. The molecule has 2 aromatic carbocycles. The van der Waals surface area contributed by atoms with Crippen LogP contribution in [0, 0.1) is 0 Å². The number of hydrogen-bond acceptors (Lipinski definition) is 0. The van der Waals surface area contributed by atoms with Gasteiger partial charge in [0.25, 0.3) is 0 Å². The minimum atomic E-state index is -0.297. The maximum absolute atomic E-state index is 4.46. The van der Waals surface area contributed by atoms with Crippen molar-refractivity contribution in [2.75, 3.05) is 0 Å². The van der Waals surface area contributed by atoms with E-state index in [-0.39, 0.29) is 5.41 Å². The second-order valence-electron chi connectivity index (χ2n) is 6.57. The van der Waals surface area contributed by atoms with Crippen LogP contribution in [0.2, 0.25) is 0 Å². The SMILES string of the molecule is C=C(C=CC)C1(c2ccccc2)C=C(CC=CC=CC)c2ccccc21. The number of benzene rings is 2. The van der Waals surface area contributed by atoms with Crippen LogP contribution in [0.3, 0.4) is 0 Å². The van der Waals surface area contributed by atoms with Crippen molar-refractivity contribution in [1.82, 2.24) is 0 Å². The Balaban J connectivity index is 2.20. The molecule has 0 fully saturated rings. The Morgan fingerprint density at radius 2 is 1.65 bits per heavy atom. The van der Waals surface area contributed by atoms with Crippen LogP contribution in [0.15, 0.2) is 109 Å². The summed E-state index contributed by atoms with van der Waals surface area (Å²) in [5, 5.41) is 0. The van der Waals surface area contributed by atoms with E-state index in [1.807, 2.05) is 6.92 Å². The van der Waals surface area contributed by atoms with Gasteiger partial charge in [0.2, 0.25) is 0 Å². The molecule has 0 radical (unpaired) electrons. The average Bonchev–Trinajstić information content (AvgIpc) is 3.02. The van der Waals surface area contributed by atoms with Crippen LogP contribution < -0.4 is 0 Å². The first-order valence-electron chi connectivity index (χ1n) is 9.21. The van der Waals surface area contributed by atoms with Crippen molar-refractivity contribution >= 4 is 5.57 Å². The fourth-order valence-electron chi connectivity index (χ4n) is 3.80. The van der Waals surface area contributed by atoms with Gasteiger partial charge in [0.05, 0.1) is 5.41 Å². The third-order valence-corrected chi connectivity index (χ3v) is 4.97. The number of hydrogen-bond donors (Lipinski definition) is 0. The topological polar surface area (TPSA) is 0 Å². The molecular formula is C26H26. The highest BCUT2D eigenvalue weighted by Gasteiger charge is 2.40. The Kier molecular flexibility index (Phi) is 5.53. The van der Waals surface area contributed by atoms with Gasteiger partial charge in [-0.2, -0.15) is 0 Å². The molecule has 0 N–H and O–H groups in total. The summed E-state index contributed by atoms with van der Waals surface area (Å²) in [7, 11) is 0. The summed E-state index contributed by atoms with van der Waals surface area (Å²) in [6.07, 6.45) is 16.0. The molecule has 1 unspecified atom stereocenters. The monoisotopic (exact) mass is 338 g/mol. The Morgan fingerprint density at radius 1 is 0.923 bits per heavy atom. The van der Waals surface area contributed by atoms with E-state index in [1.165, 1.54) is 22.3 Å². The van der Waals surface area contributed by atoms with Gasteiger partial charge in [0, 0.05) is 0 Å². The van der Waals surface area contributed by atoms with Crippen molar-refractivity contribution in [3.8, 4) is 0 Å². The van der Waals surface area contributed by atoms with Gasteiger partial charge in [-0.25, -0.2) is 0 Å². The molecule has 0 heteroatoms. The minimum Gasteiger partial charge on any atom is -0.0943 e. The zero-order valence-corrected chi connectivity index (χ0v) is 15.7. The zero-order chi connectivity index (χ0) is 18.4. The quantitative estimate of drug-likeness (QED) is 0.496. The first-order valence-corrected chi connectivity index (χ1v) is 9.21. The van der Waals surface area contributed by atoms with E-state index >= 15 is 0 Å². The van der Waals surface area contributed by atoms with Crippen LogP contribution in [0.1, 0.15) is 37.0 Å². The lowest BCUT2D eigenvalue weighted by Crippen LogP contribution is -2.25. The Labute approximate surface area is 157 Å². The van der Waals surface area contributed by atoms with Crippen molar-refractivity contribution < 1.29 is 0 Å². The molecular weight excluding hydrogens is 312 g/mol. The molecule has 0 bridgehead atoms. The van der Waals surface area contributed by atoms with Crippen LogP contribution in [0.5, 0.6) is 0 Å². The van der Waals surface area contributed by atoms with Crippen molar-refractivity contribution in [3.05, 3.63) is 126 Å². The highest BCUT2D eigenvalue weighted by atomic mass is 14.4. The summed E-state index contributed by atoms with van der Waals surface area (Å²) in [5.41, 5.74) is 6.08. The maximum atomic E-state index is 4.46. The van der Waals surface area contributed by atoms with E-state index in [0.717, 1.165) is 12.0 Å². The first kappa shape index (κ1) is 17.9. The summed E-state index contributed by atoms with van der Waals surface area (Å²) >= 11 is 0. The Morgan fingerprint density at radius 3 is 2.38 bits per heavy atom. The van der Waals surface area contributed by atoms with Crippen molar-refractivity contribution in [2.45, 2.75) is 25.7 Å². The van der Waals surface area contributed by atoms with E-state index in [2.05, 4.69) is 111 Å². The lowest BCUT2D eigenvalue weighted by molar-refractivity contribution is 0.795. The van der Waals surface area contributed by atoms with Gasteiger partial charge in [0.15, 0.2) is 0 Å². The predicted molar refractivity (Wildman–Crippen MR) is 114 cm³/mol. The largest absolute Gasteiger partial charge is 0.0943 e. The summed E-state index contributed by atoms with van der Waals surface area (Å²) in [6, 6.07) is 19.4. The minimum absolute atomic E-state index is 0.297. The van der Waals surface area contributed by atoms with Gasteiger partial charge in [-0.1, -0.05) is 104 Å². The standard InChI is InChI=1S/C26H26/c1-4-6-7-9-15-22-20-26(21(3)14-5-2,23-16-10-8-11-17-23)25-19-13-12-18-24(22)25/h4-14,16-20H,3,15H2,1-2H3. The second-order valence-corrected chi connectivity index (χ2v) is 6.57. The maximum Gasteiger partial charge on any atom is 0.0638 e. The molecule has 0 saturated heterocycles. The molecule has 130 valence electrons. The van der Waals surface area contributed by atoms with E-state index in [9.17, 15) is 0 Å². The van der Waals surface area contributed by atoms with Crippen LogP contribution in [0.4, 0.5) is 0 Å². The van der Waals surface area contributed by atoms with Gasteiger partial charge < -0.3 is 0 Å². The molecule has 2 aromatic rings. The molecule has 0 heterocycles. The molecule has 1 aliphatic carbocycles. The second kappa shape index (κ2) is 8.01. The van der Waals surface area contributed by atoms with Gasteiger partial charge in [-0.3, -0.25) is 0 Å². The summed E-state index contributed by atoms with van der Waals surface area (Å²) in [5.74, 6) is 0. The van der Waals surface area contributed by atoms with Crippen LogP contribution in [-0.4, -0.2) is 0 Å². The normalized spacial score (nSPS) is 19.4. The molecule has 1 aliphatic rings. The molecule has 0 aliphatic heterocycles. The van der Waals surface area contributed by atoms with E-state index < -0.39 is 0 Å². The van der Waals surface area contributed by atoms with Gasteiger partial charge in [-0.15, -0.1) is 0 Å². The van der Waals surface area contributed by atoms with Crippen molar-refractivity contribution in [3.63, 3.8) is 0 Å². The third-order valence-electron chi connectivity index (χ3n) is 4.97. The smallest absolute Gasteiger partial charge is 0.0638 e. The number of rotatable bonds is 6. The fraction of sp³-hybridized carbons (Fsp3) is 0.154. The average molecular weight is 338 g/mol. The predicted octanol–water partition coefficient (Wildman–Crippen LogP) is 7.02. The van der Waals surface area contributed by atoms with Gasteiger partial charge >= 0.3 is 0 Å². The van der Waals surface area contributed by atoms with Crippen molar-refractivity contribution in [1.29, 1.82) is 0 Å². The van der Waals surface area contributed by atoms with Crippen molar-refractivity contribution in [2.24, 2.45) is 0 Å². The molecule has 26 heavy (non-hydrogen) atoms. The molecule has 0 saturated carbocycles. The molecule has 1 atom stereocenters. The van der Waals surface area contributed by atoms with Crippen LogP contribution in [0.25, 0.3) is 5.57 Å². The molecule has 0 amide bonds. The van der Waals surface area contributed by atoms with Gasteiger partial charge in [-0.05, 0) is 48.1 Å². The van der Waals surface area contributed by atoms with Gasteiger partial charge in [0.1, 0.15) is 0 Å². The van der Waals surface area contributed by atoms with Crippen LogP contribution in [-0.2, 0) is 5.41 Å². The number of allylic oxidation sites excluding steroid dienone is 9. The summed E-state index contributed by atoms with van der Waals surface area (Å²) in [4.78, 5) is 0. The highest BCUT2D eigenvalue weighted by Crippen LogP contribution is 2.50. The zero-order valence-electron chi connectivity index (χ0n) is 15.7. The lowest BCUT2D eigenvalue weighted by atomic mass is 9.71. The summed E-state index contributed by atoms with van der Waals surface area (Å²) in [6.45, 7) is 8.55. The third kappa shape index (κ3) is 3.15. The van der Waals surface area contributed by atoms with E-state index in [4.69, 9.17) is 0 Å². The first-order chi connectivity index (χ1) is 12.7. The fourth-order valence-corrected chi connectivity index (χ4v) is 3.80. The van der Waals surface area contributed by atoms with E-state index in [1.54, 1.807) is 0 Å². The Bertz CT molecular complexity index is 891. The molecule has 0 spiro atoms. The molecule has 0 nitrogen and oxygen atoms in total. The van der Waals surface area contributed by atoms with E-state index in [0.29, 0.717) is 0 Å².